The lowest BCUT2D eigenvalue weighted by Crippen LogP contribution is -2.20. The second kappa shape index (κ2) is 10.6. The van der Waals surface area contributed by atoms with Gasteiger partial charge in [0.2, 0.25) is 0 Å². The highest BCUT2D eigenvalue weighted by molar-refractivity contribution is 5.69. The third-order valence-electron chi connectivity index (χ3n) is 5.01. The second-order valence-electron chi connectivity index (χ2n) is 7.54. The van der Waals surface area contributed by atoms with E-state index in [1.54, 1.807) is 10.6 Å². The molecule has 0 aliphatic heterocycles. The van der Waals surface area contributed by atoms with Gasteiger partial charge in [0.1, 0.15) is 0 Å². The predicted molar refractivity (Wildman–Crippen MR) is 123 cm³/mol. The van der Waals surface area contributed by atoms with Crippen molar-refractivity contribution < 1.29 is 0 Å². The van der Waals surface area contributed by atoms with Gasteiger partial charge in [0.15, 0.2) is 0 Å². The first-order valence-corrected chi connectivity index (χ1v) is 10.3. The third kappa shape index (κ3) is 6.58. The van der Waals surface area contributed by atoms with Crippen molar-refractivity contribution in [2.75, 3.05) is 13.6 Å². The smallest absolute Gasteiger partial charge is 0.251 e. The van der Waals surface area contributed by atoms with Gasteiger partial charge in [0.05, 0.1) is 0 Å². The Kier molecular flexibility index (Phi) is 7.60. The molecule has 1 aromatic heterocycles. The first-order chi connectivity index (χ1) is 14.1. The summed E-state index contributed by atoms with van der Waals surface area (Å²) in [6.07, 6.45) is 7.92. The van der Waals surface area contributed by atoms with Gasteiger partial charge in [-0.1, -0.05) is 73.7 Å². The fourth-order valence-electron chi connectivity index (χ4n) is 3.40. The lowest BCUT2D eigenvalue weighted by atomic mass is 10.1. The maximum Gasteiger partial charge on any atom is 0.251 e. The molecule has 3 rings (SSSR count). The highest BCUT2D eigenvalue weighted by atomic mass is 16.1. The van der Waals surface area contributed by atoms with Crippen LogP contribution < -0.4 is 5.56 Å². The molecule has 29 heavy (non-hydrogen) atoms. The quantitative estimate of drug-likeness (QED) is 0.511. The average molecular weight is 387 g/mol. The van der Waals surface area contributed by atoms with Crippen LogP contribution in [0.4, 0.5) is 0 Å². The van der Waals surface area contributed by atoms with Crippen LogP contribution in [0.15, 0.2) is 77.7 Å². The Labute approximate surface area is 173 Å². The molecule has 3 nitrogen and oxygen atoms in total. The summed E-state index contributed by atoms with van der Waals surface area (Å²) in [5.41, 5.74) is 4.68. The molecule has 0 saturated carbocycles. The molecule has 2 aromatic carbocycles. The van der Waals surface area contributed by atoms with Gasteiger partial charge >= 0.3 is 0 Å². The molecule has 0 unspecified atom stereocenters. The molecule has 0 aliphatic carbocycles. The molecule has 0 radical (unpaired) electrons. The van der Waals surface area contributed by atoms with Gasteiger partial charge in [-0.25, -0.2) is 0 Å². The van der Waals surface area contributed by atoms with Crippen molar-refractivity contribution in [3.8, 4) is 0 Å². The van der Waals surface area contributed by atoms with E-state index in [2.05, 4.69) is 43.1 Å². The summed E-state index contributed by atoms with van der Waals surface area (Å²) >= 11 is 0. The molecule has 0 atom stereocenters. The number of aryl methyl sites for hydroxylation is 2. The Bertz CT molecular complexity index is 972. The van der Waals surface area contributed by atoms with E-state index in [1.807, 2.05) is 54.7 Å². The van der Waals surface area contributed by atoms with Crippen molar-refractivity contribution in [2.45, 2.75) is 32.9 Å². The largest absolute Gasteiger partial charge is 0.315 e. The van der Waals surface area contributed by atoms with Crippen LogP contribution in [0.3, 0.4) is 0 Å². The number of nitrogens with zero attached hydrogens (tertiary/aromatic N) is 2. The SMILES string of the molecule is CCCN(C)Cc1ccc(CCn2ccc(/C=C/c3ccccc3)cc2=O)cc1. The van der Waals surface area contributed by atoms with Crippen LogP contribution in [0.25, 0.3) is 12.2 Å². The highest BCUT2D eigenvalue weighted by Gasteiger charge is 2.02. The summed E-state index contributed by atoms with van der Waals surface area (Å²) in [6.45, 7) is 4.98. The number of rotatable bonds is 9. The average Bonchev–Trinajstić information content (AvgIpc) is 2.73. The molecule has 1 heterocycles. The molecule has 0 bridgehead atoms. The Hall–Kier alpha value is -2.91. The van der Waals surface area contributed by atoms with E-state index >= 15 is 0 Å². The Balaban J connectivity index is 1.57. The van der Waals surface area contributed by atoms with Crippen molar-refractivity contribution in [1.29, 1.82) is 0 Å². The maximum atomic E-state index is 12.4. The summed E-state index contributed by atoms with van der Waals surface area (Å²) in [6, 6.07) is 22.5. The molecular formula is C26H30N2O. The van der Waals surface area contributed by atoms with E-state index < -0.39 is 0 Å². The van der Waals surface area contributed by atoms with Gasteiger partial charge in [-0.15, -0.1) is 0 Å². The van der Waals surface area contributed by atoms with E-state index in [0.29, 0.717) is 6.54 Å². The Morgan fingerprint density at radius 1 is 0.897 bits per heavy atom. The second-order valence-corrected chi connectivity index (χ2v) is 7.54. The number of pyridine rings is 1. The lowest BCUT2D eigenvalue weighted by Gasteiger charge is -2.15. The van der Waals surface area contributed by atoms with E-state index in [1.165, 1.54) is 17.5 Å². The molecule has 0 fully saturated rings. The summed E-state index contributed by atoms with van der Waals surface area (Å²) in [5, 5.41) is 0. The monoisotopic (exact) mass is 386 g/mol. The van der Waals surface area contributed by atoms with Crippen molar-refractivity contribution in [2.24, 2.45) is 0 Å². The maximum absolute atomic E-state index is 12.4. The van der Waals surface area contributed by atoms with Crippen LogP contribution >= 0.6 is 0 Å². The summed E-state index contributed by atoms with van der Waals surface area (Å²) in [5.74, 6) is 0. The van der Waals surface area contributed by atoms with Crippen LogP contribution in [0.5, 0.6) is 0 Å². The number of hydrogen-bond donors (Lipinski definition) is 0. The Morgan fingerprint density at radius 3 is 2.28 bits per heavy atom. The number of hydrogen-bond acceptors (Lipinski definition) is 2. The molecular weight excluding hydrogens is 356 g/mol. The highest BCUT2D eigenvalue weighted by Crippen LogP contribution is 2.09. The molecule has 0 spiro atoms. The van der Waals surface area contributed by atoms with Crippen LogP contribution in [0.2, 0.25) is 0 Å². The van der Waals surface area contributed by atoms with Crippen LogP contribution in [-0.4, -0.2) is 23.1 Å². The molecule has 3 heteroatoms. The fraction of sp³-hybridized carbons (Fsp3) is 0.269. The van der Waals surface area contributed by atoms with Crippen LogP contribution in [0, 0.1) is 0 Å². The van der Waals surface area contributed by atoms with E-state index in [0.717, 1.165) is 30.6 Å². The summed E-state index contributed by atoms with van der Waals surface area (Å²) in [4.78, 5) is 14.8. The zero-order valence-corrected chi connectivity index (χ0v) is 17.4. The molecule has 0 amide bonds. The first-order valence-electron chi connectivity index (χ1n) is 10.3. The van der Waals surface area contributed by atoms with Gasteiger partial charge in [-0.2, -0.15) is 0 Å². The van der Waals surface area contributed by atoms with Gasteiger partial charge in [0, 0.05) is 25.4 Å². The Morgan fingerprint density at radius 2 is 1.59 bits per heavy atom. The minimum Gasteiger partial charge on any atom is -0.315 e. The van der Waals surface area contributed by atoms with Gasteiger partial charge in [-0.05, 0) is 54.8 Å². The van der Waals surface area contributed by atoms with Gasteiger partial charge in [-0.3, -0.25) is 4.79 Å². The first kappa shape index (κ1) is 20.8. The molecule has 150 valence electrons. The third-order valence-corrected chi connectivity index (χ3v) is 5.01. The molecule has 0 N–H and O–H groups in total. The van der Waals surface area contributed by atoms with Crippen molar-refractivity contribution in [1.82, 2.24) is 9.47 Å². The number of aromatic nitrogens is 1. The topological polar surface area (TPSA) is 25.2 Å². The molecule has 0 aliphatic rings. The minimum absolute atomic E-state index is 0.0398. The van der Waals surface area contributed by atoms with Gasteiger partial charge in [0.25, 0.3) is 5.56 Å². The fourth-order valence-corrected chi connectivity index (χ4v) is 3.40. The molecule has 0 saturated heterocycles. The number of benzene rings is 2. The van der Waals surface area contributed by atoms with Crippen LogP contribution in [0.1, 0.15) is 35.6 Å². The zero-order valence-electron chi connectivity index (χ0n) is 17.4. The normalized spacial score (nSPS) is 11.4. The van der Waals surface area contributed by atoms with E-state index in [4.69, 9.17) is 0 Å². The summed E-state index contributed by atoms with van der Waals surface area (Å²) in [7, 11) is 2.16. The van der Waals surface area contributed by atoms with Crippen molar-refractivity contribution in [3.05, 3.63) is 106 Å². The van der Waals surface area contributed by atoms with Gasteiger partial charge < -0.3 is 9.47 Å². The predicted octanol–water partition coefficient (Wildman–Crippen LogP) is 5.10. The standard InChI is InChI=1S/C26H30N2O/c1-3-17-27(2)21-25-13-10-23(11-14-25)15-18-28-19-16-24(20-26(28)29)12-9-22-7-5-4-6-8-22/h4-14,16,19-20H,3,15,17-18,21H2,1-2H3/b12-9+. The van der Waals surface area contributed by atoms with Crippen LogP contribution in [-0.2, 0) is 19.5 Å². The zero-order chi connectivity index (χ0) is 20.5. The van der Waals surface area contributed by atoms with Crippen molar-refractivity contribution >= 4 is 12.2 Å². The minimum atomic E-state index is 0.0398. The molecule has 3 aromatic rings. The van der Waals surface area contributed by atoms with E-state index in [9.17, 15) is 4.79 Å². The lowest BCUT2D eigenvalue weighted by molar-refractivity contribution is 0.327. The summed E-state index contributed by atoms with van der Waals surface area (Å²) < 4.78 is 1.78. The van der Waals surface area contributed by atoms with E-state index in [-0.39, 0.29) is 5.56 Å². The van der Waals surface area contributed by atoms with Crippen molar-refractivity contribution in [3.63, 3.8) is 0 Å².